The van der Waals surface area contributed by atoms with Crippen LogP contribution in [0.25, 0.3) is 0 Å². The van der Waals surface area contributed by atoms with E-state index in [2.05, 4.69) is 5.10 Å². The third-order valence-corrected chi connectivity index (χ3v) is 6.54. The SMILES string of the molecule is COc1ccccc1[C@@H]1CC(c2cccs2)=NN1C(=O)CN(C)C(=O)c1ccccc1Cl. The number of hydrogen-bond acceptors (Lipinski definition) is 5. The topological polar surface area (TPSA) is 62.2 Å². The standard InChI is InChI=1S/C24H22ClN3O3S/c1-27(24(30)16-8-3-5-10-18(16)25)15-23(29)28-20(17-9-4-6-11-21(17)31-2)14-19(26-28)22-12-7-13-32-22/h3-13,20H,14-15H2,1-2H3/t20-/m0/s1. The van der Waals surface area contributed by atoms with Gasteiger partial charge in [-0.15, -0.1) is 11.3 Å². The van der Waals surface area contributed by atoms with Gasteiger partial charge in [-0.2, -0.15) is 5.10 Å². The normalized spacial score (nSPS) is 15.4. The van der Waals surface area contributed by atoms with Gasteiger partial charge in [0.15, 0.2) is 0 Å². The number of hydrogen-bond donors (Lipinski definition) is 0. The van der Waals surface area contributed by atoms with Crippen molar-refractivity contribution in [3.05, 3.63) is 87.1 Å². The van der Waals surface area contributed by atoms with Crippen LogP contribution in [0.1, 0.15) is 33.3 Å². The highest BCUT2D eigenvalue weighted by Gasteiger charge is 2.35. The van der Waals surface area contributed by atoms with Crippen LogP contribution in [-0.2, 0) is 4.79 Å². The summed E-state index contributed by atoms with van der Waals surface area (Å²) in [6.45, 7) is -0.128. The van der Waals surface area contributed by atoms with Crippen molar-refractivity contribution in [2.24, 2.45) is 5.10 Å². The molecule has 0 unspecified atom stereocenters. The predicted molar refractivity (Wildman–Crippen MR) is 126 cm³/mol. The molecular formula is C24H22ClN3O3S. The molecule has 1 aliphatic rings. The molecule has 2 aromatic carbocycles. The Labute approximate surface area is 195 Å². The summed E-state index contributed by atoms with van der Waals surface area (Å²) in [7, 11) is 3.19. The predicted octanol–water partition coefficient (Wildman–Crippen LogP) is 4.86. The molecule has 0 spiro atoms. The van der Waals surface area contributed by atoms with E-state index in [4.69, 9.17) is 16.3 Å². The van der Waals surface area contributed by atoms with E-state index < -0.39 is 0 Å². The molecule has 2 heterocycles. The monoisotopic (exact) mass is 467 g/mol. The van der Waals surface area contributed by atoms with E-state index in [0.29, 0.717) is 22.8 Å². The Bertz CT molecular complexity index is 1160. The first kappa shape index (κ1) is 22.0. The molecule has 32 heavy (non-hydrogen) atoms. The summed E-state index contributed by atoms with van der Waals surface area (Å²) in [5.41, 5.74) is 2.07. The molecular weight excluding hydrogens is 446 g/mol. The van der Waals surface area contributed by atoms with Crippen molar-refractivity contribution < 1.29 is 14.3 Å². The molecule has 164 valence electrons. The number of likely N-dealkylation sites (N-methyl/N-ethyl adjacent to an activating group) is 1. The third kappa shape index (κ3) is 4.40. The lowest BCUT2D eigenvalue weighted by atomic mass is 10.00. The van der Waals surface area contributed by atoms with Crippen molar-refractivity contribution in [2.45, 2.75) is 12.5 Å². The zero-order valence-corrected chi connectivity index (χ0v) is 19.3. The molecule has 0 fully saturated rings. The second-order valence-corrected chi connectivity index (χ2v) is 8.72. The van der Waals surface area contributed by atoms with E-state index in [1.54, 1.807) is 49.8 Å². The van der Waals surface area contributed by atoms with Gasteiger partial charge in [0.25, 0.3) is 11.8 Å². The highest BCUT2D eigenvalue weighted by molar-refractivity contribution is 7.12. The van der Waals surface area contributed by atoms with Crippen LogP contribution < -0.4 is 4.74 Å². The van der Waals surface area contributed by atoms with E-state index in [1.807, 2.05) is 41.8 Å². The fourth-order valence-corrected chi connectivity index (χ4v) is 4.64. The van der Waals surface area contributed by atoms with Gasteiger partial charge < -0.3 is 9.64 Å². The lowest BCUT2D eigenvalue weighted by molar-refractivity contribution is -0.133. The number of para-hydroxylation sites is 1. The lowest BCUT2D eigenvalue weighted by Gasteiger charge is -2.26. The maximum atomic E-state index is 13.3. The van der Waals surface area contributed by atoms with Crippen LogP contribution in [-0.4, -0.2) is 48.1 Å². The zero-order valence-electron chi connectivity index (χ0n) is 17.7. The number of nitrogens with zero attached hydrogens (tertiary/aromatic N) is 3. The van der Waals surface area contributed by atoms with E-state index in [1.165, 1.54) is 9.91 Å². The summed E-state index contributed by atoms with van der Waals surface area (Å²) in [5.74, 6) is 0.0910. The van der Waals surface area contributed by atoms with Crippen molar-refractivity contribution in [3.8, 4) is 5.75 Å². The maximum Gasteiger partial charge on any atom is 0.262 e. The average Bonchev–Trinajstić information content (AvgIpc) is 3.49. The second kappa shape index (κ2) is 9.54. The number of methoxy groups -OCH3 is 1. The minimum Gasteiger partial charge on any atom is -0.496 e. The minimum absolute atomic E-state index is 0.128. The minimum atomic E-state index is -0.320. The molecule has 0 saturated carbocycles. The van der Waals surface area contributed by atoms with Gasteiger partial charge in [0, 0.05) is 19.0 Å². The van der Waals surface area contributed by atoms with Crippen molar-refractivity contribution in [2.75, 3.05) is 20.7 Å². The fraction of sp³-hybridized carbons (Fsp3) is 0.208. The van der Waals surface area contributed by atoms with E-state index in [0.717, 1.165) is 16.2 Å². The molecule has 6 nitrogen and oxygen atoms in total. The zero-order chi connectivity index (χ0) is 22.7. The Balaban J connectivity index is 1.61. The number of carbonyl (C=O) groups is 2. The fourth-order valence-electron chi connectivity index (χ4n) is 3.70. The van der Waals surface area contributed by atoms with Crippen LogP contribution in [0.2, 0.25) is 5.02 Å². The van der Waals surface area contributed by atoms with Crippen LogP contribution in [0.5, 0.6) is 5.75 Å². The Morgan fingerprint density at radius 3 is 2.62 bits per heavy atom. The van der Waals surface area contributed by atoms with Gasteiger partial charge in [-0.25, -0.2) is 5.01 Å². The van der Waals surface area contributed by atoms with E-state index in [9.17, 15) is 9.59 Å². The van der Waals surface area contributed by atoms with Crippen LogP contribution in [0.3, 0.4) is 0 Å². The number of halogens is 1. The Hall–Kier alpha value is -3.16. The largest absolute Gasteiger partial charge is 0.496 e. The van der Waals surface area contributed by atoms with Crippen LogP contribution >= 0.6 is 22.9 Å². The second-order valence-electron chi connectivity index (χ2n) is 7.37. The first-order valence-electron chi connectivity index (χ1n) is 10.1. The number of benzene rings is 2. The van der Waals surface area contributed by atoms with Crippen molar-refractivity contribution >= 4 is 40.5 Å². The van der Waals surface area contributed by atoms with Crippen LogP contribution in [0.4, 0.5) is 0 Å². The van der Waals surface area contributed by atoms with Gasteiger partial charge in [-0.05, 0) is 29.6 Å². The van der Waals surface area contributed by atoms with Gasteiger partial charge >= 0.3 is 0 Å². The van der Waals surface area contributed by atoms with Gasteiger partial charge in [-0.1, -0.05) is 48.0 Å². The Morgan fingerprint density at radius 2 is 1.91 bits per heavy atom. The van der Waals surface area contributed by atoms with Crippen molar-refractivity contribution in [1.82, 2.24) is 9.91 Å². The molecule has 0 saturated heterocycles. The van der Waals surface area contributed by atoms with Crippen LogP contribution in [0.15, 0.2) is 71.1 Å². The van der Waals surface area contributed by atoms with Crippen LogP contribution in [0, 0.1) is 0 Å². The Kier molecular flexibility index (Phi) is 6.58. The molecule has 8 heteroatoms. The number of ether oxygens (including phenoxy) is 1. The van der Waals surface area contributed by atoms with E-state index in [-0.39, 0.29) is 24.4 Å². The summed E-state index contributed by atoms with van der Waals surface area (Å²) in [4.78, 5) is 28.5. The number of carbonyl (C=O) groups excluding carboxylic acids is 2. The number of thiophene rings is 1. The first-order chi connectivity index (χ1) is 15.5. The van der Waals surface area contributed by atoms with Gasteiger partial charge in [-0.3, -0.25) is 9.59 Å². The summed E-state index contributed by atoms with van der Waals surface area (Å²) < 4.78 is 5.54. The smallest absolute Gasteiger partial charge is 0.262 e. The highest BCUT2D eigenvalue weighted by Crippen LogP contribution is 2.38. The first-order valence-corrected chi connectivity index (χ1v) is 11.3. The molecule has 1 atom stereocenters. The molecule has 1 aromatic heterocycles. The molecule has 0 radical (unpaired) electrons. The van der Waals surface area contributed by atoms with Gasteiger partial charge in [0.05, 0.1) is 34.3 Å². The van der Waals surface area contributed by atoms with Crippen molar-refractivity contribution in [1.29, 1.82) is 0 Å². The molecule has 2 amide bonds. The highest BCUT2D eigenvalue weighted by atomic mass is 35.5. The summed E-state index contributed by atoms with van der Waals surface area (Å²) in [5, 5.41) is 8.47. The molecule has 0 bridgehead atoms. The van der Waals surface area contributed by atoms with Gasteiger partial charge in [0.1, 0.15) is 12.3 Å². The molecule has 0 aliphatic carbocycles. The van der Waals surface area contributed by atoms with Crippen molar-refractivity contribution in [3.63, 3.8) is 0 Å². The summed E-state index contributed by atoms with van der Waals surface area (Å²) in [6.07, 6.45) is 0.564. The number of amides is 2. The molecule has 0 N–H and O–H groups in total. The quantitative estimate of drug-likeness (QED) is 0.520. The van der Waals surface area contributed by atoms with Gasteiger partial charge in [0.2, 0.25) is 0 Å². The average molecular weight is 468 g/mol. The third-order valence-electron chi connectivity index (χ3n) is 5.29. The lowest BCUT2D eigenvalue weighted by Crippen LogP contribution is -2.39. The summed E-state index contributed by atoms with van der Waals surface area (Å²) in [6, 6.07) is 18.0. The number of rotatable bonds is 6. The molecule has 3 aromatic rings. The maximum absolute atomic E-state index is 13.3. The number of hydrazone groups is 1. The Morgan fingerprint density at radius 1 is 1.16 bits per heavy atom. The van der Waals surface area contributed by atoms with E-state index >= 15 is 0 Å². The molecule has 4 rings (SSSR count). The molecule has 1 aliphatic heterocycles. The summed E-state index contributed by atoms with van der Waals surface area (Å²) >= 11 is 7.74.